The molecule has 0 saturated carbocycles. The van der Waals surface area contributed by atoms with Crippen molar-refractivity contribution in [2.75, 3.05) is 18.4 Å². The molecule has 0 spiro atoms. The van der Waals surface area contributed by atoms with Crippen LogP contribution in [-0.4, -0.2) is 46.5 Å². The molecule has 3 aromatic heterocycles. The van der Waals surface area contributed by atoms with E-state index in [1.54, 1.807) is 35.3 Å². The molecule has 0 amide bonds. The number of oxazole rings is 1. The Morgan fingerprint density at radius 1 is 1.14 bits per heavy atom. The Hall–Kier alpha value is -3.51. The molecule has 11 nitrogen and oxygen atoms in total. The molecule has 0 aliphatic rings. The van der Waals surface area contributed by atoms with Crippen molar-refractivity contribution in [2.45, 2.75) is 4.90 Å². The Bertz CT molecular complexity index is 1240. The molecule has 0 bridgehead atoms. The van der Waals surface area contributed by atoms with Crippen LogP contribution in [0.25, 0.3) is 16.9 Å². The summed E-state index contributed by atoms with van der Waals surface area (Å²) >= 11 is 0. The van der Waals surface area contributed by atoms with Gasteiger partial charge in [0.1, 0.15) is 5.82 Å². The van der Waals surface area contributed by atoms with Crippen LogP contribution in [0.5, 0.6) is 0 Å². The van der Waals surface area contributed by atoms with E-state index in [2.05, 4.69) is 30.3 Å². The normalized spacial score (nSPS) is 11.7. The van der Waals surface area contributed by atoms with Gasteiger partial charge in [0.25, 0.3) is 0 Å². The Kier molecular flexibility index (Phi) is 4.63. The van der Waals surface area contributed by atoms with E-state index in [1.807, 2.05) is 0 Å². The molecule has 1 aromatic carbocycles. The van der Waals surface area contributed by atoms with Gasteiger partial charge >= 0.3 is 5.76 Å². The fraction of sp³-hybridized carbons (Fsp3) is 0.125. The van der Waals surface area contributed by atoms with Crippen molar-refractivity contribution < 1.29 is 12.8 Å². The minimum absolute atomic E-state index is 0.0282. The number of fused-ring (bicyclic) bond motifs is 1. The molecule has 0 unspecified atom stereocenters. The molecular weight excluding hydrogens is 386 g/mol. The van der Waals surface area contributed by atoms with Crippen molar-refractivity contribution in [1.29, 1.82) is 0 Å². The molecule has 0 saturated heterocycles. The zero-order valence-electron chi connectivity index (χ0n) is 14.4. The van der Waals surface area contributed by atoms with E-state index >= 15 is 0 Å². The fourth-order valence-corrected chi connectivity index (χ4v) is 3.56. The van der Waals surface area contributed by atoms with Gasteiger partial charge in [0.15, 0.2) is 11.4 Å². The van der Waals surface area contributed by atoms with E-state index in [9.17, 15) is 13.2 Å². The molecule has 28 heavy (non-hydrogen) atoms. The number of anilines is 1. The molecule has 0 aliphatic carbocycles. The highest BCUT2D eigenvalue weighted by atomic mass is 32.2. The predicted octanol–water partition coefficient (Wildman–Crippen LogP) is 0.487. The predicted molar refractivity (Wildman–Crippen MR) is 99.7 cm³/mol. The van der Waals surface area contributed by atoms with Gasteiger partial charge in [0.2, 0.25) is 10.0 Å². The smallest absolute Gasteiger partial charge is 0.408 e. The summed E-state index contributed by atoms with van der Waals surface area (Å²) in [5.41, 5.74) is 0.612. The topological polar surface area (TPSA) is 148 Å². The van der Waals surface area contributed by atoms with Crippen molar-refractivity contribution in [3.8, 4) is 5.82 Å². The third-order valence-corrected chi connectivity index (χ3v) is 5.27. The van der Waals surface area contributed by atoms with Crippen LogP contribution >= 0.6 is 0 Å². The van der Waals surface area contributed by atoms with Gasteiger partial charge in [0, 0.05) is 25.5 Å². The molecule has 4 rings (SSSR count). The summed E-state index contributed by atoms with van der Waals surface area (Å²) in [7, 11) is -3.73. The molecule has 0 atom stereocenters. The summed E-state index contributed by atoms with van der Waals surface area (Å²) in [5.74, 6) is 0.442. The van der Waals surface area contributed by atoms with E-state index in [-0.39, 0.29) is 11.4 Å². The van der Waals surface area contributed by atoms with E-state index in [0.29, 0.717) is 29.3 Å². The van der Waals surface area contributed by atoms with Gasteiger partial charge in [0.05, 0.1) is 10.4 Å². The minimum Gasteiger partial charge on any atom is -0.408 e. The first-order valence-electron chi connectivity index (χ1n) is 8.21. The maximum absolute atomic E-state index is 12.4. The average Bonchev–Trinajstić information content (AvgIpc) is 3.34. The van der Waals surface area contributed by atoms with Crippen LogP contribution in [0.15, 0.2) is 62.9 Å². The van der Waals surface area contributed by atoms with Gasteiger partial charge in [-0.1, -0.05) is 0 Å². The first-order chi connectivity index (χ1) is 13.5. The molecule has 4 aromatic rings. The number of nitrogens with one attached hydrogen (secondary N) is 3. The zero-order chi connectivity index (χ0) is 19.6. The van der Waals surface area contributed by atoms with Crippen LogP contribution in [0, 0.1) is 0 Å². The third-order valence-electron chi connectivity index (χ3n) is 3.81. The van der Waals surface area contributed by atoms with Crippen molar-refractivity contribution in [3.63, 3.8) is 0 Å². The van der Waals surface area contributed by atoms with Crippen molar-refractivity contribution in [3.05, 3.63) is 59.3 Å². The zero-order valence-corrected chi connectivity index (χ0v) is 15.2. The van der Waals surface area contributed by atoms with Crippen LogP contribution in [0.1, 0.15) is 0 Å². The second-order valence-corrected chi connectivity index (χ2v) is 7.49. The fourth-order valence-electron chi connectivity index (χ4n) is 2.50. The van der Waals surface area contributed by atoms with Crippen molar-refractivity contribution >= 4 is 26.9 Å². The minimum atomic E-state index is -3.73. The number of benzene rings is 1. The number of aromatic amines is 1. The highest BCUT2D eigenvalue weighted by Crippen LogP contribution is 2.16. The maximum Gasteiger partial charge on any atom is 0.417 e. The lowest BCUT2D eigenvalue weighted by Gasteiger charge is -2.08. The summed E-state index contributed by atoms with van der Waals surface area (Å²) in [6.45, 7) is 0.435. The standard InChI is InChI=1S/C16H15N7O4S/c24-16-20-12-10-11(2-3-13(12)27-16)28(25,26)19-8-7-17-14-4-5-15(22-21-14)23-9-1-6-18-23/h1-6,9-10,19H,7-8H2,(H,17,21)(H,20,24). The SMILES string of the molecule is O=c1[nH]c2cc(S(=O)(=O)NCCNc3ccc(-n4cccn4)nn3)ccc2o1. The summed E-state index contributed by atoms with van der Waals surface area (Å²) in [6, 6.07) is 9.39. The van der Waals surface area contributed by atoms with Gasteiger partial charge < -0.3 is 9.73 Å². The highest BCUT2D eigenvalue weighted by Gasteiger charge is 2.15. The first kappa shape index (κ1) is 17.9. The van der Waals surface area contributed by atoms with Crippen LogP contribution in [0.4, 0.5) is 5.82 Å². The van der Waals surface area contributed by atoms with Gasteiger partial charge in [-0.2, -0.15) is 5.10 Å². The molecule has 3 heterocycles. The van der Waals surface area contributed by atoms with Crippen molar-refractivity contribution in [1.82, 2.24) is 29.7 Å². The lowest BCUT2D eigenvalue weighted by atomic mass is 10.3. The van der Waals surface area contributed by atoms with Gasteiger partial charge in [-0.15, -0.1) is 10.2 Å². The Labute approximate surface area is 158 Å². The van der Waals surface area contributed by atoms with E-state index in [4.69, 9.17) is 4.42 Å². The number of H-pyrrole nitrogens is 1. The molecule has 0 aliphatic heterocycles. The summed E-state index contributed by atoms with van der Waals surface area (Å²) < 4.78 is 33.7. The maximum atomic E-state index is 12.4. The Morgan fingerprint density at radius 2 is 2.04 bits per heavy atom. The lowest BCUT2D eigenvalue weighted by molar-refractivity contribution is 0.555. The molecular formula is C16H15N7O4S. The van der Waals surface area contributed by atoms with Crippen LogP contribution in [0.2, 0.25) is 0 Å². The molecule has 0 radical (unpaired) electrons. The quantitative estimate of drug-likeness (QED) is 0.379. The second-order valence-electron chi connectivity index (χ2n) is 5.72. The number of aromatic nitrogens is 5. The van der Waals surface area contributed by atoms with Crippen LogP contribution < -0.4 is 15.8 Å². The number of hydrogen-bond acceptors (Lipinski definition) is 8. The summed E-state index contributed by atoms with van der Waals surface area (Å²) in [4.78, 5) is 13.6. The third kappa shape index (κ3) is 3.77. The first-order valence-corrected chi connectivity index (χ1v) is 9.70. The molecule has 0 fully saturated rings. The Morgan fingerprint density at radius 3 is 2.79 bits per heavy atom. The summed E-state index contributed by atoms with van der Waals surface area (Å²) in [6.07, 6.45) is 3.39. The number of nitrogens with zero attached hydrogens (tertiary/aromatic N) is 4. The second kappa shape index (κ2) is 7.25. The van der Waals surface area contributed by atoms with E-state index in [0.717, 1.165) is 0 Å². The number of rotatable bonds is 7. The van der Waals surface area contributed by atoms with Crippen LogP contribution in [-0.2, 0) is 10.0 Å². The molecule has 12 heteroatoms. The molecule has 3 N–H and O–H groups in total. The van der Waals surface area contributed by atoms with Crippen LogP contribution in [0.3, 0.4) is 0 Å². The van der Waals surface area contributed by atoms with Gasteiger partial charge in [-0.05, 0) is 36.4 Å². The van der Waals surface area contributed by atoms with E-state index < -0.39 is 15.8 Å². The highest BCUT2D eigenvalue weighted by molar-refractivity contribution is 7.89. The summed E-state index contributed by atoms with van der Waals surface area (Å²) in [5, 5.41) is 15.1. The number of sulfonamides is 1. The molecule has 144 valence electrons. The van der Waals surface area contributed by atoms with Crippen molar-refractivity contribution in [2.24, 2.45) is 0 Å². The van der Waals surface area contributed by atoms with Gasteiger partial charge in [-0.3, -0.25) is 4.98 Å². The Balaban J connectivity index is 1.34. The monoisotopic (exact) mass is 401 g/mol. The number of hydrogen-bond donors (Lipinski definition) is 3. The average molecular weight is 401 g/mol. The lowest BCUT2D eigenvalue weighted by Crippen LogP contribution is -2.29. The largest absolute Gasteiger partial charge is 0.417 e. The van der Waals surface area contributed by atoms with E-state index in [1.165, 1.54) is 18.2 Å². The van der Waals surface area contributed by atoms with Gasteiger partial charge in [-0.25, -0.2) is 22.6 Å².